The quantitative estimate of drug-likeness (QED) is 0.222. The van der Waals surface area contributed by atoms with Gasteiger partial charge in [-0.15, -0.1) is 0 Å². The van der Waals surface area contributed by atoms with Gasteiger partial charge in [-0.05, 0) is 52.8 Å². The van der Waals surface area contributed by atoms with Gasteiger partial charge in [0.15, 0.2) is 11.3 Å². The average Bonchev–Trinajstić information content (AvgIpc) is 3.23. The first kappa shape index (κ1) is 24.2. The Morgan fingerprint density at radius 3 is 2.17 bits per heavy atom. The molecule has 1 aliphatic heterocycles. The first-order valence-electron chi connectivity index (χ1n) is 13.6. The number of aryl methyl sites for hydroxylation is 1. The molecule has 0 N–H and O–H groups in total. The standard InChI is InChI=1S/C37H29NO2/c1-23-10-12-24(13-11-23)37(25-14-17-27(39-5)18-15-25)21-20-31-34-33(28-8-6-7-9-29(28)35(31)40-37)30-19-16-26(38-4)22-32(30)36(34,2)3/h6-22H,1-3,5H3. The molecule has 0 spiro atoms. The van der Waals surface area contributed by atoms with Crippen molar-refractivity contribution in [2.45, 2.75) is 31.8 Å². The molecule has 3 nitrogen and oxygen atoms in total. The molecule has 1 aliphatic carbocycles. The Labute approximate surface area is 235 Å². The molecular weight excluding hydrogens is 490 g/mol. The predicted molar refractivity (Wildman–Crippen MR) is 162 cm³/mol. The molecule has 40 heavy (non-hydrogen) atoms. The fourth-order valence-electron chi connectivity index (χ4n) is 6.61. The fourth-order valence-corrected chi connectivity index (χ4v) is 6.61. The minimum atomic E-state index is -0.809. The lowest BCUT2D eigenvalue weighted by atomic mass is 9.76. The highest BCUT2D eigenvalue weighted by Crippen LogP contribution is 2.58. The van der Waals surface area contributed by atoms with Crippen LogP contribution in [0.15, 0.2) is 97.1 Å². The lowest BCUT2D eigenvalue weighted by Gasteiger charge is -2.38. The van der Waals surface area contributed by atoms with Gasteiger partial charge in [-0.3, -0.25) is 0 Å². The summed E-state index contributed by atoms with van der Waals surface area (Å²) in [7, 11) is 1.69. The van der Waals surface area contributed by atoms with E-state index in [-0.39, 0.29) is 5.41 Å². The number of ether oxygens (including phenoxy) is 2. The molecule has 1 atom stereocenters. The van der Waals surface area contributed by atoms with Crippen molar-refractivity contribution in [1.82, 2.24) is 0 Å². The van der Waals surface area contributed by atoms with Crippen molar-refractivity contribution in [1.29, 1.82) is 0 Å². The van der Waals surface area contributed by atoms with Crippen LogP contribution in [-0.4, -0.2) is 7.11 Å². The summed E-state index contributed by atoms with van der Waals surface area (Å²) in [5.41, 5.74) is 8.86. The van der Waals surface area contributed by atoms with Crippen LogP contribution in [0.5, 0.6) is 11.5 Å². The van der Waals surface area contributed by atoms with E-state index >= 15 is 0 Å². The lowest BCUT2D eigenvalue weighted by Crippen LogP contribution is -2.35. The summed E-state index contributed by atoms with van der Waals surface area (Å²) >= 11 is 0. The second kappa shape index (κ2) is 8.60. The first-order valence-corrected chi connectivity index (χ1v) is 13.6. The summed E-state index contributed by atoms with van der Waals surface area (Å²) in [5.74, 6) is 1.70. The molecule has 3 heteroatoms. The number of hydrogen-bond donors (Lipinski definition) is 0. The number of hydrogen-bond acceptors (Lipinski definition) is 2. The third kappa shape index (κ3) is 3.29. The van der Waals surface area contributed by atoms with Crippen molar-refractivity contribution in [2.24, 2.45) is 0 Å². The van der Waals surface area contributed by atoms with Gasteiger partial charge in [0.1, 0.15) is 11.5 Å². The summed E-state index contributed by atoms with van der Waals surface area (Å²) in [6.07, 6.45) is 4.47. The smallest absolute Gasteiger partial charge is 0.187 e. The largest absolute Gasteiger partial charge is 0.497 e. The molecule has 0 radical (unpaired) electrons. The van der Waals surface area contributed by atoms with E-state index in [1.54, 1.807) is 7.11 Å². The highest BCUT2D eigenvalue weighted by molar-refractivity contribution is 6.08. The third-order valence-electron chi connectivity index (χ3n) is 8.65. The van der Waals surface area contributed by atoms with Crippen LogP contribution in [0.1, 0.15) is 47.2 Å². The van der Waals surface area contributed by atoms with Gasteiger partial charge in [0, 0.05) is 27.5 Å². The monoisotopic (exact) mass is 519 g/mol. The maximum absolute atomic E-state index is 7.61. The van der Waals surface area contributed by atoms with Crippen LogP contribution in [-0.2, 0) is 11.0 Å². The molecule has 5 aromatic rings. The molecule has 0 fully saturated rings. The Morgan fingerprint density at radius 2 is 1.50 bits per heavy atom. The van der Waals surface area contributed by atoms with E-state index in [2.05, 4.69) is 111 Å². The van der Waals surface area contributed by atoms with E-state index in [9.17, 15) is 0 Å². The van der Waals surface area contributed by atoms with Gasteiger partial charge in [-0.1, -0.05) is 104 Å². The number of rotatable bonds is 3. The molecule has 194 valence electrons. The summed E-state index contributed by atoms with van der Waals surface area (Å²) in [4.78, 5) is 3.73. The molecule has 0 bridgehead atoms. The average molecular weight is 520 g/mol. The number of benzene rings is 5. The van der Waals surface area contributed by atoms with Crippen LogP contribution in [0.25, 0.3) is 32.8 Å². The van der Waals surface area contributed by atoms with Crippen molar-refractivity contribution in [2.75, 3.05) is 7.11 Å². The Hall–Kier alpha value is -4.81. The van der Waals surface area contributed by atoms with E-state index in [1.807, 2.05) is 18.2 Å². The van der Waals surface area contributed by atoms with Crippen molar-refractivity contribution >= 4 is 22.5 Å². The van der Waals surface area contributed by atoms with Gasteiger partial charge in [0.25, 0.3) is 0 Å². The van der Waals surface area contributed by atoms with Gasteiger partial charge in [0.2, 0.25) is 0 Å². The van der Waals surface area contributed by atoms with Crippen LogP contribution in [0.3, 0.4) is 0 Å². The van der Waals surface area contributed by atoms with Crippen LogP contribution < -0.4 is 9.47 Å². The second-order valence-electron chi connectivity index (χ2n) is 11.3. The summed E-state index contributed by atoms with van der Waals surface area (Å²) in [5, 5.41) is 2.25. The molecule has 0 saturated heterocycles. The molecular formula is C37H29NO2. The van der Waals surface area contributed by atoms with E-state index < -0.39 is 5.60 Å². The highest BCUT2D eigenvalue weighted by atomic mass is 16.5. The van der Waals surface area contributed by atoms with E-state index in [0.29, 0.717) is 5.69 Å². The Balaban J connectivity index is 1.53. The minimum Gasteiger partial charge on any atom is -0.497 e. The van der Waals surface area contributed by atoms with E-state index in [0.717, 1.165) is 33.6 Å². The molecule has 7 rings (SSSR count). The molecule has 0 saturated carbocycles. The lowest BCUT2D eigenvalue weighted by molar-refractivity contribution is 0.163. The van der Waals surface area contributed by atoms with E-state index in [4.69, 9.17) is 16.0 Å². The van der Waals surface area contributed by atoms with Gasteiger partial charge < -0.3 is 9.47 Å². The minimum absolute atomic E-state index is 0.294. The van der Waals surface area contributed by atoms with Crippen LogP contribution in [0.2, 0.25) is 0 Å². The topological polar surface area (TPSA) is 22.8 Å². The van der Waals surface area contributed by atoms with Crippen LogP contribution in [0.4, 0.5) is 5.69 Å². The van der Waals surface area contributed by atoms with Crippen LogP contribution in [0, 0.1) is 13.5 Å². The van der Waals surface area contributed by atoms with Gasteiger partial charge in [-0.25, -0.2) is 4.85 Å². The first-order chi connectivity index (χ1) is 19.4. The number of nitrogens with zero attached hydrogens (tertiary/aromatic N) is 1. The zero-order valence-corrected chi connectivity index (χ0v) is 23.1. The van der Waals surface area contributed by atoms with Gasteiger partial charge in [-0.2, -0.15) is 0 Å². The normalized spacial score (nSPS) is 17.9. The van der Waals surface area contributed by atoms with Crippen molar-refractivity contribution in [3.8, 4) is 22.6 Å². The fraction of sp³-hybridized carbons (Fsp3) is 0.162. The molecule has 1 heterocycles. The van der Waals surface area contributed by atoms with Gasteiger partial charge in [0.05, 0.1) is 13.7 Å². The molecule has 0 aromatic heterocycles. The Bertz CT molecular complexity index is 1890. The molecule has 2 aliphatic rings. The highest BCUT2D eigenvalue weighted by Gasteiger charge is 2.44. The van der Waals surface area contributed by atoms with Crippen LogP contribution >= 0.6 is 0 Å². The predicted octanol–water partition coefficient (Wildman–Crippen LogP) is 9.36. The summed E-state index contributed by atoms with van der Waals surface area (Å²) in [6.45, 7) is 14.2. The SMILES string of the molecule is [C-]#[N+]c1ccc2c(c1)C(C)(C)c1c3c(c4ccccc4c1-2)OC(c1ccc(C)cc1)(c1ccc(OC)cc1)C=C3. The summed E-state index contributed by atoms with van der Waals surface area (Å²) < 4.78 is 12.8. The molecule has 0 amide bonds. The zero-order valence-electron chi connectivity index (χ0n) is 23.1. The Kier molecular flexibility index (Phi) is 5.21. The second-order valence-corrected chi connectivity index (χ2v) is 11.3. The van der Waals surface area contributed by atoms with Crippen molar-refractivity contribution in [3.63, 3.8) is 0 Å². The maximum atomic E-state index is 7.61. The third-order valence-corrected chi connectivity index (χ3v) is 8.65. The zero-order chi connectivity index (χ0) is 27.6. The molecule has 5 aromatic carbocycles. The maximum Gasteiger partial charge on any atom is 0.187 e. The van der Waals surface area contributed by atoms with Gasteiger partial charge >= 0.3 is 0 Å². The van der Waals surface area contributed by atoms with Crippen molar-refractivity contribution in [3.05, 3.63) is 142 Å². The summed E-state index contributed by atoms with van der Waals surface area (Å²) in [6, 6.07) is 31.4. The molecule has 1 unspecified atom stereocenters. The number of fused-ring (bicyclic) bond motifs is 8. The Morgan fingerprint density at radius 1 is 0.825 bits per heavy atom. The number of methoxy groups -OCH3 is 1. The van der Waals surface area contributed by atoms with Crippen molar-refractivity contribution < 1.29 is 9.47 Å². The van der Waals surface area contributed by atoms with E-state index in [1.165, 1.54) is 33.2 Å².